The average molecular weight is 265 g/mol. The first-order valence-corrected chi connectivity index (χ1v) is 5.46. The smallest absolute Gasteiger partial charge is 0.389 e. The first-order chi connectivity index (χ1) is 8.22. The molecule has 102 valence electrons. The zero-order valence-electron chi connectivity index (χ0n) is 10.1. The van der Waals surface area contributed by atoms with Gasteiger partial charge in [0, 0.05) is 19.2 Å². The molecule has 1 aromatic rings. The van der Waals surface area contributed by atoms with E-state index in [2.05, 4.69) is 0 Å². The summed E-state index contributed by atoms with van der Waals surface area (Å²) in [5.74, 6) is -0.641. The molecule has 0 radical (unpaired) electrons. The molecule has 0 saturated carbocycles. The molecule has 0 unspecified atom stereocenters. The predicted molar refractivity (Wildman–Crippen MR) is 61.0 cm³/mol. The fraction of sp³-hybridized carbons (Fsp3) is 0.500. The zero-order valence-corrected chi connectivity index (χ0v) is 10.1. The molecule has 0 heterocycles. The molecule has 1 atom stereocenters. The van der Waals surface area contributed by atoms with Crippen LogP contribution in [0.4, 0.5) is 23.2 Å². The van der Waals surface area contributed by atoms with Crippen molar-refractivity contribution >= 4 is 5.69 Å². The molecule has 0 aliphatic rings. The molecular formula is C12H15F4NO. The topological polar surface area (TPSA) is 23.5 Å². The molecule has 0 saturated heterocycles. The predicted octanol–water partition coefficient (Wildman–Crippen LogP) is 3.27. The second-order valence-corrected chi connectivity index (χ2v) is 4.14. The van der Waals surface area contributed by atoms with Gasteiger partial charge in [-0.3, -0.25) is 0 Å². The molecule has 18 heavy (non-hydrogen) atoms. The molecular weight excluding hydrogens is 250 g/mol. The fourth-order valence-corrected chi connectivity index (χ4v) is 1.68. The number of alkyl halides is 3. The molecule has 0 amide bonds. The first-order valence-electron chi connectivity index (χ1n) is 5.46. The number of hydrogen-bond acceptors (Lipinski definition) is 2. The van der Waals surface area contributed by atoms with E-state index < -0.39 is 24.5 Å². The number of aliphatic hydroxyl groups excluding tert-OH is 1. The Bertz CT molecular complexity index is 404. The summed E-state index contributed by atoms with van der Waals surface area (Å²) in [5.41, 5.74) is 0.288. The Kier molecular flexibility index (Phi) is 4.56. The standard InChI is InChI=1S/C12H15F4NO/c1-8(18)9-4-3-5-10(13)11(9)17(2)7-6-12(14,15)16/h3-5,8,18H,6-7H2,1-2H3/t8-/m1/s1. The maximum absolute atomic E-state index is 13.6. The van der Waals surface area contributed by atoms with Crippen LogP contribution in [-0.4, -0.2) is 24.9 Å². The number of hydrogen-bond donors (Lipinski definition) is 1. The third-order valence-electron chi connectivity index (χ3n) is 2.58. The summed E-state index contributed by atoms with van der Waals surface area (Å²) in [6, 6.07) is 4.07. The maximum Gasteiger partial charge on any atom is 0.390 e. The van der Waals surface area contributed by atoms with Gasteiger partial charge in [0.25, 0.3) is 0 Å². The van der Waals surface area contributed by atoms with E-state index in [9.17, 15) is 22.7 Å². The lowest BCUT2D eigenvalue weighted by atomic mass is 10.1. The van der Waals surface area contributed by atoms with E-state index in [1.165, 1.54) is 31.0 Å². The summed E-state index contributed by atoms with van der Waals surface area (Å²) in [5, 5.41) is 9.49. The summed E-state index contributed by atoms with van der Waals surface area (Å²) in [4.78, 5) is 1.17. The van der Waals surface area contributed by atoms with Crippen LogP contribution >= 0.6 is 0 Å². The fourth-order valence-electron chi connectivity index (χ4n) is 1.68. The van der Waals surface area contributed by atoms with Crippen LogP contribution in [-0.2, 0) is 0 Å². The quantitative estimate of drug-likeness (QED) is 0.845. The third-order valence-corrected chi connectivity index (χ3v) is 2.58. The lowest BCUT2D eigenvalue weighted by Crippen LogP contribution is -2.26. The van der Waals surface area contributed by atoms with Gasteiger partial charge in [-0.05, 0) is 13.0 Å². The molecule has 0 aliphatic carbocycles. The van der Waals surface area contributed by atoms with E-state index in [0.717, 1.165) is 6.07 Å². The van der Waals surface area contributed by atoms with E-state index in [1.807, 2.05) is 0 Å². The highest BCUT2D eigenvalue weighted by molar-refractivity contribution is 5.55. The van der Waals surface area contributed by atoms with Gasteiger partial charge < -0.3 is 10.0 Å². The van der Waals surface area contributed by atoms with Crippen molar-refractivity contribution in [2.75, 3.05) is 18.5 Å². The first kappa shape index (κ1) is 14.8. The molecule has 1 rings (SSSR count). The maximum atomic E-state index is 13.6. The molecule has 1 N–H and O–H groups in total. The lowest BCUT2D eigenvalue weighted by molar-refractivity contribution is -0.132. The Morgan fingerprint density at radius 3 is 2.44 bits per heavy atom. The molecule has 0 fully saturated rings. The number of anilines is 1. The van der Waals surface area contributed by atoms with E-state index in [1.54, 1.807) is 0 Å². The number of benzene rings is 1. The summed E-state index contributed by atoms with van der Waals surface area (Å²) >= 11 is 0. The summed E-state index contributed by atoms with van der Waals surface area (Å²) in [7, 11) is 1.37. The molecule has 6 heteroatoms. The Morgan fingerprint density at radius 1 is 1.33 bits per heavy atom. The number of aliphatic hydroxyl groups is 1. The minimum absolute atomic E-state index is 0.0109. The van der Waals surface area contributed by atoms with E-state index >= 15 is 0 Å². The average Bonchev–Trinajstić information content (AvgIpc) is 2.24. The van der Waals surface area contributed by atoms with Crippen LogP contribution in [0.15, 0.2) is 18.2 Å². The van der Waals surface area contributed by atoms with Gasteiger partial charge >= 0.3 is 6.18 Å². The van der Waals surface area contributed by atoms with Crippen molar-refractivity contribution in [2.45, 2.75) is 25.6 Å². The number of para-hydroxylation sites is 1. The monoisotopic (exact) mass is 265 g/mol. The minimum Gasteiger partial charge on any atom is -0.389 e. The molecule has 0 bridgehead atoms. The van der Waals surface area contributed by atoms with Gasteiger partial charge in [0.15, 0.2) is 0 Å². The van der Waals surface area contributed by atoms with E-state index in [0.29, 0.717) is 0 Å². The summed E-state index contributed by atoms with van der Waals surface area (Å²) < 4.78 is 50.0. The van der Waals surface area contributed by atoms with Gasteiger partial charge in [0.2, 0.25) is 0 Å². The second-order valence-electron chi connectivity index (χ2n) is 4.14. The number of halogens is 4. The minimum atomic E-state index is -4.29. The number of nitrogens with zero attached hydrogens (tertiary/aromatic N) is 1. The Balaban J connectivity index is 2.94. The van der Waals surface area contributed by atoms with Crippen molar-refractivity contribution in [3.8, 4) is 0 Å². The SMILES string of the molecule is C[C@@H](O)c1cccc(F)c1N(C)CCC(F)(F)F. The van der Waals surface area contributed by atoms with Gasteiger partial charge in [-0.2, -0.15) is 13.2 Å². The van der Waals surface area contributed by atoms with Crippen molar-refractivity contribution < 1.29 is 22.7 Å². The van der Waals surface area contributed by atoms with Gasteiger partial charge in [0.1, 0.15) is 5.82 Å². The van der Waals surface area contributed by atoms with Crippen LogP contribution in [0.5, 0.6) is 0 Å². The van der Waals surface area contributed by atoms with E-state index in [-0.39, 0.29) is 17.8 Å². The molecule has 0 aliphatic heterocycles. The van der Waals surface area contributed by atoms with Gasteiger partial charge in [-0.25, -0.2) is 4.39 Å². The molecule has 2 nitrogen and oxygen atoms in total. The van der Waals surface area contributed by atoms with Crippen LogP contribution in [0, 0.1) is 5.82 Å². The van der Waals surface area contributed by atoms with Crippen LogP contribution in [0.25, 0.3) is 0 Å². The summed E-state index contributed by atoms with van der Waals surface area (Å²) in [6.07, 6.45) is -6.26. The largest absolute Gasteiger partial charge is 0.390 e. The van der Waals surface area contributed by atoms with Crippen molar-refractivity contribution in [3.63, 3.8) is 0 Å². The highest BCUT2D eigenvalue weighted by Crippen LogP contribution is 2.30. The number of rotatable bonds is 4. The second kappa shape index (κ2) is 5.56. The van der Waals surface area contributed by atoms with Crippen molar-refractivity contribution in [3.05, 3.63) is 29.6 Å². The van der Waals surface area contributed by atoms with Gasteiger partial charge in [0.05, 0.1) is 18.2 Å². The van der Waals surface area contributed by atoms with Crippen LogP contribution in [0.2, 0.25) is 0 Å². The third kappa shape index (κ3) is 3.87. The van der Waals surface area contributed by atoms with Gasteiger partial charge in [-0.15, -0.1) is 0 Å². The van der Waals surface area contributed by atoms with Crippen molar-refractivity contribution in [2.24, 2.45) is 0 Å². The van der Waals surface area contributed by atoms with Crippen LogP contribution in [0.1, 0.15) is 25.0 Å². The highest BCUT2D eigenvalue weighted by atomic mass is 19.4. The highest BCUT2D eigenvalue weighted by Gasteiger charge is 2.28. The Morgan fingerprint density at radius 2 is 1.94 bits per heavy atom. The van der Waals surface area contributed by atoms with Crippen molar-refractivity contribution in [1.29, 1.82) is 0 Å². The molecule has 0 aromatic heterocycles. The van der Waals surface area contributed by atoms with Gasteiger partial charge in [-0.1, -0.05) is 12.1 Å². The zero-order chi connectivity index (χ0) is 13.9. The Hall–Kier alpha value is -1.30. The van der Waals surface area contributed by atoms with Crippen LogP contribution in [0.3, 0.4) is 0 Å². The Labute approximate surface area is 103 Å². The van der Waals surface area contributed by atoms with E-state index in [4.69, 9.17) is 0 Å². The summed E-state index contributed by atoms with van der Waals surface area (Å²) in [6.45, 7) is 1.08. The molecule has 0 spiro atoms. The van der Waals surface area contributed by atoms with Crippen LogP contribution < -0.4 is 4.90 Å². The van der Waals surface area contributed by atoms with Crippen molar-refractivity contribution in [1.82, 2.24) is 0 Å². The lowest BCUT2D eigenvalue weighted by Gasteiger charge is -2.24. The molecule has 1 aromatic carbocycles. The normalized spacial score (nSPS) is 13.5.